The highest BCUT2D eigenvalue weighted by atomic mass is 14.7. The van der Waals surface area contributed by atoms with Crippen molar-refractivity contribution in [2.45, 2.75) is 26.2 Å². The van der Waals surface area contributed by atoms with E-state index in [-0.39, 0.29) is 5.41 Å². The maximum absolute atomic E-state index is 4.58. The van der Waals surface area contributed by atoms with E-state index >= 15 is 0 Å². The highest BCUT2D eigenvalue weighted by molar-refractivity contribution is 6.28. The van der Waals surface area contributed by atoms with Crippen LogP contribution < -0.4 is 0 Å². The lowest BCUT2D eigenvalue weighted by atomic mass is 9.81. The average molecular weight is 641 g/mol. The van der Waals surface area contributed by atoms with E-state index in [1.807, 2.05) is 42.7 Å². The first-order valence-electron chi connectivity index (χ1n) is 17.3. The fourth-order valence-electron chi connectivity index (χ4n) is 7.39. The molecule has 0 aliphatic rings. The van der Waals surface area contributed by atoms with Crippen molar-refractivity contribution in [1.29, 1.82) is 0 Å². The molecular formula is C48H36N2. The van der Waals surface area contributed by atoms with Crippen LogP contribution in [0.5, 0.6) is 0 Å². The molecule has 0 unspecified atom stereocenters. The van der Waals surface area contributed by atoms with E-state index in [9.17, 15) is 0 Å². The summed E-state index contributed by atoms with van der Waals surface area (Å²) in [6, 6.07) is 55.2. The number of hydrogen-bond acceptors (Lipinski definition) is 2. The van der Waals surface area contributed by atoms with Crippen LogP contribution in [0.25, 0.3) is 88.2 Å². The number of aromatic nitrogens is 2. The Morgan fingerprint density at radius 3 is 1.20 bits per heavy atom. The van der Waals surface area contributed by atoms with Gasteiger partial charge in [0.1, 0.15) is 0 Å². The number of benzene rings is 7. The van der Waals surface area contributed by atoms with Gasteiger partial charge in [0.2, 0.25) is 0 Å². The predicted octanol–water partition coefficient (Wildman–Crippen LogP) is 13.0. The smallest absolute Gasteiger partial charge is 0.0701 e. The summed E-state index contributed by atoms with van der Waals surface area (Å²) in [7, 11) is 0. The molecule has 238 valence electrons. The van der Waals surface area contributed by atoms with Crippen molar-refractivity contribution in [3.05, 3.63) is 170 Å². The molecule has 2 heteroatoms. The third-order valence-corrected chi connectivity index (χ3v) is 10.1. The highest BCUT2D eigenvalue weighted by Gasteiger charge is 2.20. The monoisotopic (exact) mass is 640 g/mol. The molecule has 0 fully saturated rings. The van der Waals surface area contributed by atoms with Crippen LogP contribution in [-0.2, 0) is 5.41 Å². The number of nitrogens with zero attached hydrogens (tertiary/aromatic N) is 2. The Hall–Kier alpha value is -6.12. The molecule has 0 bridgehead atoms. The fraction of sp³-hybridized carbons (Fsp3) is 0.0833. The molecule has 0 N–H and O–H groups in total. The third kappa shape index (κ3) is 5.21. The summed E-state index contributed by atoms with van der Waals surface area (Å²) in [5, 5.41) is 7.82. The van der Waals surface area contributed by atoms with Crippen LogP contribution in [0, 0.1) is 0 Å². The van der Waals surface area contributed by atoms with E-state index in [1.165, 1.54) is 71.3 Å². The van der Waals surface area contributed by atoms with Crippen LogP contribution in [0.1, 0.15) is 26.3 Å². The molecule has 9 aromatic rings. The molecule has 2 aromatic heterocycles. The highest BCUT2D eigenvalue weighted by Crippen LogP contribution is 2.45. The summed E-state index contributed by atoms with van der Waals surface area (Å²) in [6.07, 6.45) is 3.69. The average Bonchev–Trinajstić information content (AvgIpc) is 3.17. The quantitative estimate of drug-likeness (QED) is 0.175. The largest absolute Gasteiger partial charge is 0.256 e. The van der Waals surface area contributed by atoms with Crippen LogP contribution in [-0.4, -0.2) is 9.97 Å². The third-order valence-electron chi connectivity index (χ3n) is 10.1. The molecule has 0 radical (unpaired) electrons. The van der Waals surface area contributed by atoms with Gasteiger partial charge in [-0.2, -0.15) is 0 Å². The first-order valence-corrected chi connectivity index (χ1v) is 17.3. The lowest BCUT2D eigenvalue weighted by Crippen LogP contribution is -2.10. The second kappa shape index (κ2) is 11.8. The number of pyridine rings is 2. The molecular weight excluding hydrogens is 605 g/mol. The van der Waals surface area contributed by atoms with E-state index < -0.39 is 0 Å². The number of hydrogen-bond donors (Lipinski definition) is 0. The maximum atomic E-state index is 4.58. The zero-order valence-electron chi connectivity index (χ0n) is 28.5. The van der Waals surface area contributed by atoms with Gasteiger partial charge in [0.15, 0.2) is 0 Å². The maximum Gasteiger partial charge on any atom is 0.0701 e. The summed E-state index contributed by atoms with van der Waals surface area (Å²) in [5.41, 5.74) is 12.9. The zero-order chi connectivity index (χ0) is 33.8. The second-order valence-electron chi connectivity index (χ2n) is 14.3. The molecule has 7 aromatic carbocycles. The Morgan fingerprint density at radius 2 is 0.800 bits per heavy atom. The minimum atomic E-state index is 0.0661. The van der Waals surface area contributed by atoms with Gasteiger partial charge in [-0.1, -0.05) is 142 Å². The normalized spacial score (nSPS) is 11.9. The molecule has 2 heterocycles. The van der Waals surface area contributed by atoms with Gasteiger partial charge in [-0.15, -0.1) is 0 Å². The van der Waals surface area contributed by atoms with Crippen molar-refractivity contribution in [3.63, 3.8) is 0 Å². The van der Waals surface area contributed by atoms with Crippen LogP contribution in [0.15, 0.2) is 164 Å². The van der Waals surface area contributed by atoms with Crippen molar-refractivity contribution >= 4 is 32.3 Å². The van der Waals surface area contributed by atoms with E-state index in [1.54, 1.807) is 0 Å². The summed E-state index contributed by atoms with van der Waals surface area (Å²) in [5.74, 6) is 0. The Morgan fingerprint density at radius 1 is 0.380 bits per heavy atom. The van der Waals surface area contributed by atoms with Crippen LogP contribution in [0.3, 0.4) is 0 Å². The van der Waals surface area contributed by atoms with E-state index in [0.717, 1.165) is 22.5 Å². The second-order valence-corrected chi connectivity index (χ2v) is 14.3. The van der Waals surface area contributed by atoms with Crippen molar-refractivity contribution in [2.75, 3.05) is 0 Å². The minimum Gasteiger partial charge on any atom is -0.256 e. The van der Waals surface area contributed by atoms with Gasteiger partial charge in [0, 0.05) is 23.5 Å². The van der Waals surface area contributed by atoms with Gasteiger partial charge in [0.25, 0.3) is 0 Å². The van der Waals surface area contributed by atoms with Crippen molar-refractivity contribution in [3.8, 4) is 55.9 Å². The molecule has 0 saturated carbocycles. The van der Waals surface area contributed by atoms with E-state index in [4.69, 9.17) is 0 Å². The Kier molecular flexibility index (Phi) is 7.07. The summed E-state index contributed by atoms with van der Waals surface area (Å²) >= 11 is 0. The first-order chi connectivity index (χ1) is 24.4. The zero-order valence-corrected chi connectivity index (χ0v) is 28.5. The fourth-order valence-corrected chi connectivity index (χ4v) is 7.39. The lowest BCUT2D eigenvalue weighted by Gasteiger charge is -2.23. The number of rotatable bonds is 5. The van der Waals surface area contributed by atoms with Gasteiger partial charge < -0.3 is 0 Å². The molecule has 0 atom stereocenters. The molecule has 9 rings (SSSR count). The lowest BCUT2D eigenvalue weighted by molar-refractivity contribution is 0.591. The SMILES string of the molecule is CC(C)(C)c1cc2ccc3c(-c4ccc(-c5ccc(-c6ccccn6)cc5)cc4)cc(-c4ccc(-c5ccccn5)cc4)c4ccc(c1)c2c34. The van der Waals surface area contributed by atoms with E-state index in [2.05, 4.69) is 152 Å². The Labute approximate surface area is 293 Å². The molecule has 0 aliphatic carbocycles. The summed E-state index contributed by atoms with van der Waals surface area (Å²) in [6.45, 7) is 6.88. The summed E-state index contributed by atoms with van der Waals surface area (Å²) < 4.78 is 0. The van der Waals surface area contributed by atoms with Gasteiger partial charge in [-0.25, -0.2) is 0 Å². The molecule has 0 spiro atoms. The van der Waals surface area contributed by atoms with Crippen LogP contribution >= 0.6 is 0 Å². The Balaban J connectivity index is 1.20. The molecule has 2 nitrogen and oxygen atoms in total. The van der Waals surface area contributed by atoms with Gasteiger partial charge in [-0.3, -0.25) is 9.97 Å². The molecule has 0 saturated heterocycles. The standard InChI is InChI=1S/C48H36N2/c1-48(2,3)39-28-37-22-24-40-42(33-14-10-31(11-15-33)32-12-18-35(19-13-32)44-8-4-6-26-49-44)30-43(41-25-23-38(29-39)46(37)47(40)41)34-16-20-36(21-17-34)45-9-5-7-27-50-45/h4-30H,1-3H3. The van der Waals surface area contributed by atoms with E-state index in [0.29, 0.717) is 0 Å². The summed E-state index contributed by atoms with van der Waals surface area (Å²) in [4.78, 5) is 9.09. The van der Waals surface area contributed by atoms with Crippen molar-refractivity contribution in [1.82, 2.24) is 9.97 Å². The molecule has 0 amide bonds. The first kappa shape index (κ1) is 30.0. The van der Waals surface area contributed by atoms with Gasteiger partial charge in [-0.05, 0) is 107 Å². The van der Waals surface area contributed by atoms with Crippen LogP contribution in [0.2, 0.25) is 0 Å². The predicted molar refractivity (Wildman–Crippen MR) is 212 cm³/mol. The van der Waals surface area contributed by atoms with Crippen molar-refractivity contribution < 1.29 is 0 Å². The molecule has 50 heavy (non-hydrogen) atoms. The Bertz CT molecular complexity index is 2600. The van der Waals surface area contributed by atoms with Crippen molar-refractivity contribution in [2.24, 2.45) is 0 Å². The van der Waals surface area contributed by atoms with Gasteiger partial charge >= 0.3 is 0 Å². The van der Waals surface area contributed by atoms with Gasteiger partial charge in [0.05, 0.1) is 11.4 Å². The topological polar surface area (TPSA) is 25.8 Å². The minimum absolute atomic E-state index is 0.0661. The molecule has 0 aliphatic heterocycles. The van der Waals surface area contributed by atoms with Crippen LogP contribution in [0.4, 0.5) is 0 Å².